The molecule has 0 bridgehead atoms. The molecule has 3 heterocycles. The summed E-state index contributed by atoms with van der Waals surface area (Å²) in [6.07, 6.45) is 6.12. The summed E-state index contributed by atoms with van der Waals surface area (Å²) < 4.78 is 1.81. The number of rotatable bonds is 3. The van der Waals surface area contributed by atoms with Crippen LogP contribution in [0.15, 0.2) is 12.4 Å². The smallest absolute Gasteiger partial charge is 0.225 e. The van der Waals surface area contributed by atoms with Crippen molar-refractivity contribution in [3.63, 3.8) is 0 Å². The Hall–Kier alpha value is -0.720. The van der Waals surface area contributed by atoms with Gasteiger partial charge in [0.05, 0.1) is 12.1 Å². The number of carbonyl (C=O) groups excluding carboxylic acids is 1. The topological polar surface area (TPSA) is 59.0 Å². The Morgan fingerprint density at radius 2 is 2.19 bits per heavy atom. The summed E-state index contributed by atoms with van der Waals surface area (Å²) in [5.74, 6) is 2.83. The Kier molecular flexibility index (Phi) is 5.96. The number of thioether (sulfide) groups is 1. The van der Waals surface area contributed by atoms with Crippen molar-refractivity contribution in [3.8, 4) is 0 Å². The van der Waals surface area contributed by atoms with Crippen molar-refractivity contribution in [2.45, 2.75) is 24.8 Å². The molecule has 7 heteroatoms. The fourth-order valence-electron chi connectivity index (χ4n) is 3.09. The molecule has 1 amide bonds. The second-order valence-corrected chi connectivity index (χ2v) is 6.94. The molecule has 21 heavy (non-hydrogen) atoms. The fraction of sp³-hybridized carbons (Fsp3) is 0.714. The van der Waals surface area contributed by atoms with Gasteiger partial charge in [0, 0.05) is 38.3 Å². The molecule has 2 N–H and O–H groups in total. The number of carbonyl (C=O) groups is 1. The minimum absolute atomic E-state index is 0. The van der Waals surface area contributed by atoms with E-state index in [1.807, 2.05) is 31.2 Å². The molecule has 1 aromatic heterocycles. The Balaban J connectivity index is 0.00000161. The standard InChI is InChI=1S/C14H22N4OS.ClH/c1-18-9-10(6-16-18)12-7-15-8-13(12)14(19)17-11-2-4-20-5-3-11;/h6,9,11-13,15H,2-5,7-8H2,1H3,(H,17,19);1H/t12-,13+;/m1./s1. The van der Waals surface area contributed by atoms with Crippen LogP contribution in [0.1, 0.15) is 24.3 Å². The van der Waals surface area contributed by atoms with Crippen molar-refractivity contribution >= 4 is 30.1 Å². The molecule has 0 radical (unpaired) electrons. The zero-order valence-electron chi connectivity index (χ0n) is 12.2. The first-order valence-electron chi connectivity index (χ1n) is 7.31. The van der Waals surface area contributed by atoms with E-state index in [9.17, 15) is 4.79 Å². The molecule has 118 valence electrons. The number of hydrogen-bond donors (Lipinski definition) is 2. The second kappa shape index (κ2) is 7.51. The van der Waals surface area contributed by atoms with Crippen LogP contribution >= 0.6 is 24.2 Å². The summed E-state index contributed by atoms with van der Waals surface area (Å²) in [4.78, 5) is 12.5. The monoisotopic (exact) mass is 330 g/mol. The van der Waals surface area contributed by atoms with Crippen LogP contribution in [0.4, 0.5) is 0 Å². The van der Waals surface area contributed by atoms with Crippen molar-refractivity contribution in [2.24, 2.45) is 13.0 Å². The summed E-state index contributed by atoms with van der Waals surface area (Å²) >= 11 is 1.98. The molecule has 2 aliphatic heterocycles. The van der Waals surface area contributed by atoms with Gasteiger partial charge in [-0.2, -0.15) is 16.9 Å². The molecule has 0 saturated carbocycles. The maximum absolute atomic E-state index is 12.5. The molecule has 0 spiro atoms. The zero-order chi connectivity index (χ0) is 13.9. The maximum atomic E-state index is 12.5. The lowest BCUT2D eigenvalue weighted by Gasteiger charge is -2.25. The molecule has 2 atom stereocenters. The van der Waals surface area contributed by atoms with E-state index in [-0.39, 0.29) is 30.2 Å². The van der Waals surface area contributed by atoms with Gasteiger partial charge in [-0.15, -0.1) is 12.4 Å². The van der Waals surface area contributed by atoms with Crippen molar-refractivity contribution in [1.82, 2.24) is 20.4 Å². The number of hydrogen-bond acceptors (Lipinski definition) is 4. The van der Waals surface area contributed by atoms with Crippen LogP contribution in [0.3, 0.4) is 0 Å². The van der Waals surface area contributed by atoms with Crippen LogP contribution in [0, 0.1) is 5.92 Å². The van der Waals surface area contributed by atoms with Gasteiger partial charge in [0.1, 0.15) is 0 Å². The molecular formula is C14H23ClN4OS. The number of halogens is 1. The van der Waals surface area contributed by atoms with E-state index in [1.165, 1.54) is 11.5 Å². The summed E-state index contributed by atoms with van der Waals surface area (Å²) in [7, 11) is 1.92. The molecule has 5 nitrogen and oxygen atoms in total. The minimum Gasteiger partial charge on any atom is -0.353 e. The average Bonchev–Trinajstić information content (AvgIpc) is 3.08. The van der Waals surface area contributed by atoms with Gasteiger partial charge in [-0.25, -0.2) is 0 Å². The van der Waals surface area contributed by atoms with E-state index in [1.54, 1.807) is 4.68 Å². The highest BCUT2D eigenvalue weighted by molar-refractivity contribution is 7.99. The molecule has 1 aromatic rings. The van der Waals surface area contributed by atoms with E-state index >= 15 is 0 Å². The van der Waals surface area contributed by atoms with Crippen LogP contribution in [-0.4, -0.2) is 46.3 Å². The highest BCUT2D eigenvalue weighted by atomic mass is 35.5. The molecule has 3 rings (SSSR count). The van der Waals surface area contributed by atoms with E-state index in [2.05, 4.69) is 15.7 Å². The lowest BCUT2D eigenvalue weighted by molar-refractivity contribution is -0.125. The van der Waals surface area contributed by atoms with Crippen molar-refractivity contribution in [3.05, 3.63) is 18.0 Å². The van der Waals surface area contributed by atoms with Gasteiger partial charge in [-0.3, -0.25) is 9.48 Å². The third kappa shape index (κ3) is 3.93. The van der Waals surface area contributed by atoms with Gasteiger partial charge in [0.15, 0.2) is 0 Å². The van der Waals surface area contributed by atoms with Crippen molar-refractivity contribution in [2.75, 3.05) is 24.6 Å². The maximum Gasteiger partial charge on any atom is 0.225 e. The second-order valence-electron chi connectivity index (χ2n) is 5.71. The number of amides is 1. The van der Waals surface area contributed by atoms with Gasteiger partial charge >= 0.3 is 0 Å². The first kappa shape index (κ1) is 16.6. The number of nitrogens with zero attached hydrogens (tertiary/aromatic N) is 2. The van der Waals surface area contributed by atoms with Gasteiger partial charge in [0.2, 0.25) is 5.91 Å². The quantitative estimate of drug-likeness (QED) is 0.873. The zero-order valence-corrected chi connectivity index (χ0v) is 13.9. The Bertz CT molecular complexity index is 475. The fourth-order valence-corrected chi connectivity index (χ4v) is 4.19. The molecule has 2 aliphatic rings. The van der Waals surface area contributed by atoms with E-state index < -0.39 is 0 Å². The lowest BCUT2D eigenvalue weighted by Crippen LogP contribution is -2.42. The molecule has 2 fully saturated rings. The predicted octanol–water partition coefficient (Wildman–Crippen LogP) is 1.16. The van der Waals surface area contributed by atoms with Crippen LogP contribution in [-0.2, 0) is 11.8 Å². The van der Waals surface area contributed by atoms with Crippen molar-refractivity contribution < 1.29 is 4.79 Å². The Morgan fingerprint density at radius 1 is 1.43 bits per heavy atom. The first-order valence-corrected chi connectivity index (χ1v) is 8.47. The van der Waals surface area contributed by atoms with Gasteiger partial charge in [0.25, 0.3) is 0 Å². The summed E-state index contributed by atoms with van der Waals surface area (Å²) in [6.45, 7) is 1.64. The van der Waals surface area contributed by atoms with Gasteiger partial charge < -0.3 is 10.6 Å². The first-order chi connectivity index (χ1) is 9.74. The summed E-state index contributed by atoms with van der Waals surface area (Å²) in [5, 5.41) is 10.8. The third-order valence-corrected chi connectivity index (χ3v) is 5.32. The molecule has 0 aliphatic carbocycles. The Labute approximate surface area is 136 Å². The van der Waals surface area contributed by atoms with Gasteiger partial charge in [-0.1, -0.05) is 0 Å². The Morgan fingerprint density at radius 3 is 2.86 bits per heavy atom. The van der Waals surface area contributed by atoms with E-state index in [4.69, 9.17) is 0 Å². The minimum atomic E-state index is 0. The summed E-state index contributed by atoms with van der Waals surface area (Å²) in [5.41, 5.74) is 1.16. The number of nitrogens with one attached hydrogen (secondary N) is 2. The van der Waals surface area contributed by atoms with E-state index in [0.29, 0.717) is 6.04 Å². The number of aryl methyl sites for hydroxylation is 1. The largest absolute Gasteiger partial charge is 0.353 e. The normalized spacial score (nSPS) is 26.3. The van der Waals surface area contributed by atoms with Crippen LogP contribution in [0.2, 0.25) is 0 Å². The molecular weight excluding hydrogens is 308 g/mol. The highest BCUT2D eigenvalue weighted by Gasteiger charge is 2.35. The van der Waals surface area contributed by atoms with Crippen molar-refractivity contribution in [1.29, 1.82) is 0 Å². The SMILES string of the molecule is Cl.Cn1cc([C@H]2CNC[C@@H]2C(=O)NC2CCSCC2)cn1. The highest BCUT2D eigenvalue weighted by Crippen LogP contribution is 2.28. The molecule has 0 aromatic carbocycles. The average molecular weight is 331 g/mol. The molecule has 0 unspecified atom stereocenters. The van der Waals surface area contributed by atoms with Crippen LogP contribution < -0.4 is 10.6 Å². The lowest BCUT2D eigenvalue weighted by atomic mass is 9.90. The number of aromatic nitrogens is 2. The van der Waals surface area contributed by atoms with Crippen LogP contribution in [0.5, 0.6) is 0 Å². The van der Waals surface area contributed by atoms with E-state index in [0.717, 1.165) is 31.5 Å². The third-order valence-electron chi connectivity index (χ3n) is 4.27. The van der Waals surface area contributed by atoms with Crippen LogP contribution in [0.25, 0.3) is 0 Å². The molecule has 2 saturated heterocycles. The predicted molar refractivity (Wildman–Crippen MR) is 88.0 cm³/mol. The summed E-state index contributed by atoms with van der Waals surface area (Å²) in [6, 6.07) is 0.374. The van der Waals surface area contributed by atoms with Gasteiger partial charge in [-0.05, 0) is 29.9 Å².